The SMILES string of the molecule is C[N+](C)(C)Cc1ccc(P=S)cc1. The third-order valence-corrected chi connectivity index (χ3v) is 2.84. The Hall–Kier alpha value is -0.300. The van der Waals surface area contributed by atoms with Crippen molar-refractivity contribution in [3.8, 4) is 0 Å². The molecule has 0 atom stereocenters. The Morgan fingerprint density at radius 3 is 2.08 bits per heavy atom. The molecule has 0 fully saturated rings. The van der Waals surface area contributed by atoms with Crippen LogP contribution in [0.2, 0.25) is 0 Å². The maximum absolute atomic E-state index is 4.94. The van der Waals surface area contributed by atoms with Gasteiger partial charge in [-0.25, -0.2) is 0 Å². The molecule has 1 rings (SSSR count). The molecule has 0 aliphatic rings. The molecule has 0 radical (unpaired) electrons. The molecule has 0 aromatic heterocycles. The van der Waals surface area contributed by atoms with Gasteiger partial charge in [0.2, 0.25) is 0 Å². The van der Waals surface area contributed by atoms with Crippen molar-refractivity contribution in [2.45, 2.75) is 6.54 Å². The Labute approximate surface area is 86.8 Å². The lowest BCUT2D eigenvalue weighted by molar-refractivity contribution is -0.884. The third kappa shape index (κ3) is 3.95. The Morgan fingerprint density at radius 1 is 1.15 bits per heavy atom. The summed E-state index contributed by atoms with van der Waals surface area (Å²) in [7, 11) is 7.51. The van der Waals surface area contributed by atoms with Crippen LogP contribution in [-0.2, 0) is 18.4 Å². The van der Waals surface area contributed by atoms with Gasteiger partial charge in [0.25, 0.3) is 0 Å². The van der Waals surface area contributed by atoms with Gasteiger partial charge < -0.3 is 4.48 Å². The zero-order chi connectivity index (χ0) is 9.90. The maximum Gasteiger partial charge on any atom is 0.104 e. The molecule has 1 aromatic rings. The van der Waals surface area contributed by atoms with E-state index in [-0.39, 0.29) is 0 Å². The summed E-state index contributed by atoms with van der Waals surface area (Å²) in [5.41, 5.74) is 1.37. The number of rotatable bonds is 3. The van der Waals surface area contributed by atoms with E-state index in [1.807, 2.05) is 0 Å². The average Bonchev–Trinajstić information content (AvgIpc) is 2.03. The first kappa shape index (κ1) is 10.8. The van der Waals surface area contributed by atoms with Crippen molar-refractivity contribution in [3.05, 3.63) is 29.8 Å². The van der Waals surface area contributed by atoms with E-state index in [0.29, 0.717) is 0 Å². The van der Waals surface area contributed by atoms with E-state index in [4.69, 9.17) is 11.8 Å². The normalized spacial score (nSPS) is 11.9. The summed E-state index contributed by atoms with van der Waals surface area (Å²) in [6.45, 7) is 1.06. The summed E-state index contributed by atoms with van der Waals surface area (Å²) in [6, 6.07) is 8.55. The van der Waals surface area contributed by atoms with Gasteiger partial charge in [-0.3, -0.25) is 0 Å². The van der Waals surface area contributed by atoms with E-state index in [1.54, 1.807) is 0 Å². The molecule has 0 bridgehead atoms. The first-order chi connectivity index (χ1) is 6.01. The second-order valence-electron chi connectivity index (χ2n) is 4.21. The number of hydrogen-bond acceptors (Lipinski definition) is 1. The van der Waals surface area contributed by atoms with Crippen molar-refractivity contribution in [1.29, 1.82) is 0 Å². The Morgan fingerprint density at radius 2 is 1.69 bits per heavy atom. The fraction of sp³-hybridized carbons (Fsp3) is 0.400. The minimum atomic E-state index is 0.933. The molecular formula is C10H15NPS+. The van der Waals surface area contributed by atoms with E-state index >= 15 is 0 Å². The van der Waals surface area contributed by atoms with Crippen LogP contribution in [0.15, 0.2) is 24.3 Å². The van der Waals surface area contributed by atoms with Gasteiger partial charge >= 0.3 is 0 Å². The lowest BCUT2D eigenvalue weighted by Crippen LogP contribution is -2.33. The molecule has 0 heterocycles. The van der Waals surface area contributed by atoms with Gasteiger partial charge in [-0.2, -0.15) is 0 Å². The molecule has 0 aliphatic carbocycles. The van der Waals surface area contributed by atoms with Gasteiger partial charge in [-0.15, -0.1) is 0 Å². The third-order valence-electron chi connectivity index (χ3n) is 1.70. The van der Waals surface area contributed by atoms with Gasteiger partial charge in [0.1, 0.15) is 6.54 Å². The lowest BCUT2D eigenvalue weighted by atomic mass is 10.2. The van der Waals surface area contributed by atoms with E-state index in [0.717, 1.165) is 18.4 Å². The molecule has 3 heteroatoms. The highest BCUT2D eigenvalue weighted by atomic mass is 32.4. The van der Waals surface area contributed by atoms with E-state index in [1.165, 1.54) is 10.9 Å². The zero-order valence-electron chi connectivity index (χ0n) is 8.32. The quantitative estimate of drug-likeness (QED) is 0.545. The largest absolute Gasteiger partial charge is 0.327 e. The van der Waals surface area contributed by atoms with Crippen molar-refractivity contribution in [2.24, 2.45) is 0 Å². The summed E-state index contributed by atoms with van der Waals surface area (Å²) in [4.78, 5) is 0. The molecule has 70 valence electrons. The molecule has 0 aliphatic heterocycles. The van der Waals surface area contributed by atoms with Crippen LogP contribution in [0.1, 0.15) is 5.56 Å². The van der Waals surface area contributed by atoms with Crippen molar-refractivity contribution in [1.82, 2.24) is 0 Å². The highest BCUT2D eigenvalue weighted by Crippen LogP contribution is 2.06. The minimum Gasteiger partial charge on any atom is -0.327 e. The number of nitrogens with zero attached hydrogens (tertiary/aromatic N) is 1. The zero-order valence-corrected chi connectivity index (χ0v) is 10.0. The second kappa shape index (κ2) is 4.28. The van der Waals surface area contributed by atoms with Crippen LogP contribution >= 0.6 is 7.36 Å². The standard InChI is InChI=1S/C10H15NPS/c1-11(2,3)8-9-4-6-10(12-13)7-5-9/h4-7H,8H2,1-3H3/q+1. The molecule has 0 spiro atoms. The molecule has 0 saturated heterocycles. The van der Waals surface area contributed by atoms with E-state index in [9.17, 15) is 0 Å². The van der Waals surface area contributed by atoms with Crippen molar-refractivity contribution in [2.75, 3.05) is 21.1 Å². The fourth-order valence-corrected chi connectivity index (χ4v) is 1.85. The van der Waals surface area contributed by atoms with Gasteiger partial charge in [0, 0.05) is 18.2 Å². The number of benzene rings is 1. The molecule has 1 aromatic carbocycles. The van der Waals surface area contributed by atoms with Crippen LogP contribution in [0.3, 0.4) is 0 Å². The van der Waals surface area contributed by atoms with Crippen molar-refractivity contribution >= 4 is 24.5 Å². The summed E-state index contributed by atoms with van der Waals surface area (Å²) < 4.78 is 0.963. The minimum absolute atomic E-state index is 0.933. The lowest BCUT2D eigenvalue weighted by Gasteiger charge is -2.23. The van der Waals surface area contributed by atoms with Gasteiger partial charge in [-0.1, -0.05) is 23.9 Å². The topological polar surface area (TPSA) is 0 Å². The highest BCUT2D eigenvalue weighted by Gasteiger charge is 2.07. The predicted molar refractivity (Wildman–Crippen MR) is 62.1 cm³/mol. The van der Waals surface area contributed by atoms with Crippen LogP contribution in [0.25, 0.3) is 0 Å². The monoisotopic (exact) mass is 212 g/mol. The van der Waals surface area contributed by atoms with Crippen LogP contribution in [0.5, 0.6) is 0 Å². The molecule has 0 saturated carbocycles. The molecule has 13 heavy (non-hydrogen) atoms. The first-order valence-electron chi connectivity index (χ1n) is 4.24. The maximum atomic E-state index is 4.94. The predicted octanol–water partition coefficient (Wildman–Crippen LogP) is 1.93. The summed E-state index contributed by atoms with van der Waals surface area (Å²) in [6.07, 6.45) is 0. The van der Waals surface area contributed by atoms with Gasteiger partial charge in [-0.05, 0) is 12.1 Å². The fourth-order valence-electron chi connectivity index (χ4n) is 1.21. The smallest absolute Gasteiger partial charge is 0.104 e. The Balaban J connectivity index is 2.75. The van der Waals surface area contributed by atoms with E-state index in [2.05, 4.69) is 45.4 Å². The Kier molecular flexibility index (Phi) is 3.55. The Bertz CT molecular complexity index is 287. The summed E-state index contributed by atoms with van der Waals surface area (Å²) in [5.74, 6) is 0. The molecule has 1 nitrogen and oxygen atoms in total. The molecule has 0 N–H and O–H groups in total. The van der Waals surface area contributed by atoms with Crippen LogP contribution < -0.4 is 5.30 Å². The molecule has 0 unspecified atom stereocenters. The van der Waals surface area contributed by atoms with Gasteiger partial charge in [0.15, 0.2) is 0 Å². The van der Waals surface area contributed by atoms with Crippen molar-refractivity contribution < 1.29 is 4.48 Å². The number of quaternary nitrogens is 1. The van der Waals surface area contributed by atoms with Crippen molar-refractivity contribution in [3.63, 3.8) is 0 Å². The molecular weight excluding hydrogens is 197 g/mol. The van der Waals surface area contributed by atoms with Crippen LogP contribution in [-0.4, -0.2) is 25.6 Å². The molecule has 0 amide bonds. The second-order valence-corrected chi connectivity index (χ2v) is 5.45. The first-order valence-corrected chi connectivity index (χ1v) is 6.15. The average molecular weight is 212 g/mol. The number of hydrogen-bond donors (Lipinski definition) is 0. The van der Waals surface area contributed by atoms with Crippen LogP contribution in [0, 0.1) is 0 Å². The summed E-state index contributed by atoms with van der Waals surface area (Å²) in [5, 5.41) is 1.21. The van der Waals surface area contributed by atoms with Gasteiger partial charge in [0.05, 0.1) is 21.1 Å². The summed E-state index contributed by atoms with van der Waals surface area (Å²) >= 11 is 4.94. The highest BCUT2D eigenvalue weighted by molar-refractivity contribution is 7.99. The van der Waals surface area contributed by atoms with E-state index < -0.39 is 0 Å². The van der Waals surface area contributed by atoms with Crippen LogP contribution in [0.4, 0.5) is 0 Å².